The molecule has 6 heteroatoms. The lowest BCUT2D eigenvalue weighted by molar-refractivity contribution is 0.0697. The molecule has 0 aliphatic carbocycles. The summed E-state index contributed by atoms with van der Waals surface area (Å²) in [5, 5.41) is 15.7. The van der Waals surface area contributed by atoms with Gasteiger partial charge in [-0.15, -0.1) is 0 Å². The van der Waals surface area contributed by atoms with E-state index >= 15 is 0 Å². The predicted molar refractivity (Wildman–Crippen MR) is 101 cm³/mol. The van der Waals surface area contributed by atoms with E-state index in [9.17, 15) is 4.79 Å². The van der Waals surface area contributed by atoms with Gasteiger partial charge >= 0.3 is 5.97 Å². The first-order valence-electron chi connectivity index (χ1n) is 8.37. The van der Waals surface area contributed by atoms with Crippen molar-refractivity contribution in [2.24, 2.45) is 4.99 Å². The maximum atomic E-state index is 10.7. The molecule has 1 heterocycles. The number of benzene rings is 1. The molecule has 0 saturated heterocycles. The molecule has 1 aromatic carbocycles. The average molecular weight is 332 g/mol. The number of hydrogen-bond acceptors (Lipinski definition) is 3. The smallest absolute Gasteiger partial charge is 0.335 e. The van der Waals surface area contributed by atoms with Crippen molar-refractivity contribution in [3.63, 3.8) is 0 Å². The summed E-state index contributed by atoms with van der Waals surface area (Å²) in [4.78, 5) is 18.0. The Hall–Kier alpha value is -2.50. The lowest BCUT2D eigenvalue weighted by atomic mass is 10.1. The number of carbonyl (C=O) groups is 1. The van der Waals surface area contributed by atoms with Crippen LogP contribution in [0.5, 0.6) is 0 Å². The number of aromatic amines is 1. The highest BCUT2D eigenvalue weighted by atomic mass is 16.4. The van der Waals surface area contributed by atoms with Gasteiger partial charge in [0.1, 0.15) is 5.82 Å². The number of aliphatic imine (C=N–C) groups is 1. The average Bonchev–Trinajstić information content (AvgIpc) is 3.01. The Morgan fingerprint density at radius 2 is 2.08 bits per heavy atom. The van der Waals surface area contributed by atoms with Crippen molar-refractivity contribution in [2.45, 2.75) is 33.1 Å². The topological polar surface area (TPSA) is 89.5 Å². The molecule has 0 aliphatic rings. The highest BCUT2D eigenvalue weighted by Gasteiger charge is 2.05. The number of nitrogens with one attached hydrogen (secondary N) is 3. The molecule has 24 heavy (non-hydrogen) atoms. The molecule has 0 bridgehead atoms. The number of carboxylic acids is 1. The molecule has 2 rings (SSSR count). The van der Waals surface area contributed by atoms with E-state index in [4.69, 9.17) is 5.11 Å². The molecule has 0 saturated carbocycles. The first-order chi connectivity index (χ1) is 11.6. The highest BCUT2D eigenvalue weighted by molar-refractivity contribution is 5.94. The van der Waals surface area contributed by atoms with Gasteiger partial charge in [0, 0.05) is 31.0 Å². The first kappa shape index (κ1) is 19.5. The molecule has 0 spiro atoms. The van der Waals surface area contributed by atoms with Crippen LogP contribution >= 0.6 is 0 Å². The van der Waals surface area contributed by atoms with Gasteiger partial charge in [0.15, 0.2) is 0 Å². The van der Waals surface area contributed by atoms with Crippen molar-refractivity contribution < 1.29 is 9.90 Å². The second-order valence-corrected chi connectivity index (χ2v) is 5.34. The van der Waals surface area contributed by atoms with Crippen LogP contribution in [0, 0.1) is 0 Å². The summed E-state index contributed by atoms with van der Waals surface area (Å²) in [7, 11) is 1.81. The molecular formula is C18H28N4O2. The summed E-state index contributed by atoms with van der Waals surface area (Å²) in [5.74, 6) is -0.0263. The number of anilines is 1. The molecule has 0 aliphatic heterocycles. The summed E-state index contributed by atoms with van der Waals surface area (Å²) in [6, 6.07) is 6.87. The Labute approximate surface area is 143 Å². The fourth-order valence-corrected chi connectivity index (χ4v) is 2.07. The number of aromatic nitrogens is 1. The minimum atomic E-state index is -0.904. The molecule has 132 valence electrons. The van der Waals surface area contributed by atoms with Crippen molar-refractivity contribution >= 4 is 29.0 Å². The summed E-state index contributed by atoms with van der Waals surface area (Å²) < 4.78 is 0. The van der Waals surface area contributed by atoms with Crippen LogP contribution in [0.25, 0.3) is 10.9 Å². The van der Waals surface area contributed by atoms with Gasteiger partial charge in [-0.3, -0.25) is 4.99 Å². The molecular weight excluding hydrogens is 304 g/mol. The number of H-pyrrole nitrogens is 1. The molecule has 0 fully saturated rings. The monoisotopic (exact) mass is 332 g/mol. The standard InChI is InChI=1S/C10H10N2O2.C8H18N2/c1-11-9-5-7-4-6(10(13)14)2-3-8(7)12-9;1-3-5-6-7-10-8-9-4-2/h2-5,11-12H,1H3,(H,13,14);8H,3-7H2,1-2H3,(H,9,10). The van der Waals surface area contributed by atoms with E-state index in [1.54, 1.807) is 24.5 Å². The second-order valence-electron chi connectivity index (χ2n) is 5.34. The van der Waals surface area contributed by atoms with Crippen molar-refractivity contribution in [3.05, 3.63) is 29.8 Å². The zero-order chi connectivity index (χ0) is 17.8. The third kappa shape index (κ3) is 6.73. The second kappa shape index (κ2) is 11.1. The minimum Gasteiger partial charge on any atom is -0.478 e. The van der Waals surface area contributed by atoms with Crippen LogP contribution in [0.3, 0.4) is 0 Å². The van der Waals surface area contributed by atoms with Crippen LogP contribution in [0.15, 0.2) is 29.3 Å². The Kier molecular flexibility index (Phi) is 9.04. The Bertz CT molecular complexity index is 650. The molecule has 4 N–H and O–H groups in total. The van der Waals surface area contributed by atoms with Crippen LogP contribution in [0.2, 0.25) is 0 Å². The fraction of sp³-hybridized carbons (Fsp3) is 0.444. The van der Waals surface area contributed by atoms with Crippen molar-refractivity contribution in [2.75, 3.05) is 25.5 Å². The number of hydrogen-bond donors (Lipinski definition) is 4. The SMILES string of the molecule is CCCCCN=CNCC.CNc1cc2cc(C(=O)O)ccc2[nH]1. The van der Waals surface area contributed by atoms with E-state index in [1.807, 2.05) is 13.1 Å². The molecule has 1 aromatic heterocycles. The van der Waals surface area contributed by atoms with Crippen LogP contribution in [0.4, 0.5) is 5.82 Å². The summed E-state index contributed by atoms with van der Waals surface area (Å²) in [6.07, 6.45) is 5.59. The first-order valence-corrected chi connectivity index (χ1v) is 8.37. The largest absolute Gasteiger partial charge is 0.478 e. The van der Waals surface area contributed by atoms with Crippen LogP contribution < -0.4 is 10.6 Å². The molecule has 0 radical (unpaired) electrons. The number of aromatic carboxylic acids is 1. The number of unbranched alkanes of at least 4 members (excludes halogenated alkanes) is 2. The van der Waals surface area contributed by atoms with E-state index in [1.165, 1.54) is 19.3 Å². The van der Waals surface area contributed by atoms with Crippen LogP contribution in [0.1, 0.15) is 43.5 Å². The van der Waals surface area contributed by atoms with Gasteiger partial charge in [0.2, 0.25) is 0 Å². The van der Waals surface area contributed by atoms with E-state index in [0.29, 0.717) is 5.56 Å². The number of rotatable bonds is 8. The number of fused-ring (bicyclic) bond motifs is 1. The molecule has 0 unspecified atom stereocenters. The van der Waals surface area contributed by atoms with Gasteiger partial charge in [0.25, 0.3) is 0 Å². The zero-order valence-electron chi connectivity index (χ0n) is 14.7. The molecule has 0 atom stereocenters. The van der Waals surface area contributed by atoms with Gasteiger partial charge in [-0.1, -0.05) is 19.8 Å². The predicted octanol–water partition coefficient (Wildman–Crippen LogP) is 3.72. The van der Waals surface area contributed by atoms with E-state index in [0.717, 1.165) is 29.8 Å². The maximum Gasteiger partial charge on any atom is 0.335 e. The van der Waals surface area contributed by atoms with Crippen molar-refractivity contribution in [1.29, 1.82) is 0 Å². The Morgan fingerprint density at radius 3 is 2.71 bits per heavy atom. The van der Waals surface area contributed by atoms with Gasteiger partial charge in [-0.2, -0.15) is 0 Å². The lowest BCUT2D eigenvalue weighted by Crippen LogP contribution is -2.09. The maximum absolute atomic E-state index is 10.7. The quantitative estimate of drug-likeness (QED) is 0.337. The number of nitrogens with zero attached hydrogens (tertiary/aromatic N) is 1. The Morgan fingerprint density at radius 1 is 1.29 bits per heavy atom. The summed E-state index contributed by atoms with van der Waals surface area (Å²) in [6.45, 7) is 6.21. The normalized spacial score (nSPS) is 10.5. The lowest BCUT2D eigenvalue weighted by Gasteiger charge is -1.93. The summed E-state index contributed by atoms with van der Waals surface area (Å²) in [5.41, 5.74) is 1.23. The zero-order valence-corrected chi connectivity index (χ0v) is 14.7. The van der Waals surface area contributed by atoms with Gasteiger partial charge in [-0.05, 0) is 37.6 Å². The Balaban J connectivity index is 0.000000257. The van der Waals surface area contributed by atoms with E-state index in [2.05, 4.69) is 34.5 Å². The highest BCUT2D eigenvalue weighted by Crippen LogP contribution is 2.19. The van der Waals surface area contributed by atoms with Crippen molar-refractivity contribution in [3.8, 4) is 0 Å². The van der Waals surface area contributed by atoms with E-state index in [-0.39, 0.29) is 0 Å². The number of carboxylic acid groups (broad SMARTS) is 1. The third-order valence-electron chi connectivity index (χ3n) is 3.41. The van der Waals surface area contributed by atoms with Gasteiger partial charge in [-0.25, -0.2) is 4.79 Å². The molecule has 2 aromatic rings. The van der Waals surface area contributed by atoms with Gasteiger partial charge < -0.3 is 20.7 Å². The fourth-order valence-electron chi connectivity index (χ4n) is 2.07. The molecule has 0 amide bonds. The van der Waals surface area contributed by atoms with Crippen LogP contribution in [-0.4, -0.2) is 42.5 Å². The summed E-state index contributed by atoms with van der Waals surface area (Å²) >= 11 is 0. The molecule has 6 nitrogen and oxygen atoms in total. The van der Waals surface area contributed by atoms with E-state index < -0.39 is 5.97 Å². The van der Waals surface area contributed by atoms with Crippen molar-refractivity contribution in [1.82, 2.24) is 10.3 Å². The third-order valence-corrected chi connectivity index (χ3v) is 3.41. The van der Waals surface area contributed by atoms with Crippen LogP contribution in [-0.2, 0) is 0 Å². The van der Waals surface area contributed by atoms with Gasteiger partial charge in [0.05, 0.1) is 11.9 Å². The minimum absolute atomic E-state index is 0.305.